The molecule has 5 N–H and O–H groups in total. The number of halogens is 3. The Balaban J connectivity index is 0.000000151. The lowest BCUT2D eigenvalue weighted by molar-refractivity contribution is -0.132. The second-order valence-electron chi connectivity index (χ2n) is 30.3. The van der Waals surface area contributed by atoms with Crippen molar-refractivity contribution in [2.45, 2.75) is 266 Å². The number of amides is 2. The van der Waals surface area contributed by atoms with Crippen molar-refractivity contribution in [3.8, 4) is 12.1 Å². The van der Waals surface area contributed by atoms with E-state index in [1.165, 1.54) is 61.2 Å². The van der Waals surface area contributed by atoms with Crippen LogP contribution in [0.4, 0.5) is 8.78 Å². The smallest absolute Gasteiger partial charge is 0.238 e. The number of azide groups is 2. The van der Waals surface area contributed by atoms with Crippen LogP contribution in [0.3, 0.4) is 0 Å². The van der Waals surface area contributed by atoms with Gasteiger partial charge < -0.3 is 45.3 Å². The fourth-order valence-electron chi connectivity index (χ4n) is 19.0. The first-order chi connectivity index (χ1) is 40.6. The molecule has 24 atom stereocenters. The second-order valence-corrected chi connectivity index (χ2v) is 30.5. The van der Waals surface area contributed by atoms with Gasteiger partial charge in [-0.25, -0.2) is 8.78 Å². The summed E-state index contributed by atoms with van der Waals surface area (Å²) < 4.78 is 47.8. The lowest BCUT2D eigenvalue weighted by Gasteiger charge is -2.27. The summed E-state index contributed by atoms with van der Waals surface area (Å²) in [5.74, 6) is 6.87. The van der Waals surface area contributed by atoms with Gasteiger partial charge in [-0.3, -0.25) is 9.59 Å². The number of carbonyl (C=O) groups excluding carboxylic acids is 2. The minimum absolute atomic E-state index is 0.00375. The molecule has 2 saturated heterocycles. The van der Waals surface area contributed by atoms with E-state index >= 15 is 0 Å². The number of nitrogens with zero attached hydrogens (tertiary/aromatic N) is 10. The van der Waals surface area contributed by atoms with E-state index in [0.717, 1.165) is 131 Å². The number of aliphatic hydroxyl groups excluding tert-OH is 1. The number of hydrogen-bond acceptors (Lipinski definition) is 13. The van der Waals surface area contributed by atoms with E-state index in [9.17, 15) is 23.5 Å². The molecule has 0 aromatic rings. The SMILES string of the molecule is CC1(N=[N+]=[N-])C[C@H]2CC(O)C[C@H]2C1.COC1C[C@@H]2CC(C)(CCC(=O)N3C[C@@H](F)C[C@H]3C#N)C[C@@H]2C1.COC1C[C@@H]2CC(C)(N)C[C@@H]2C1.COC1C[C@@H]2CC(C)(N)C[C@@H]2C1.COC1C[C@@H]2CC(C)(N=[N+]=[N-])C[C@@H]2C1.N#C[C@@H]1C[C@H](F)CN1C(=O)CCl. The monoisotopic (exact) mass is 1230 g/mol. The number of fused-ring (bicyclic) bond motifs is 5. The Morgan fingerprint density at radius 1 is 0.547 bits per heavy atom. The summed E-state index contributed by atoms with van der Waals surface area (Å²) in [6, 6.07) is 2.72. The van der Waals surface area contributed by atoms with E-state index in [1.54, 1.807) is 14.2 Å². The van der Waals surface area contributed by atoms with Gasteiger partial charge in [-0.15, -0.1) is 11.6 Å². The quantitative estimate of drug-likeness (QED) is 0.0799. The molecule has 484 valence electrons. The van der Waals surface area contributed by atoms with Crippen LogP contribution in [0, 0.1) is 87.3 Å². The van der Waals surface area contributed by atoms with Crippen molar-refractivity contribution in [2.24, 2.45) is 86.3 Å². The fourth-order valence-corrected chi connectivity index (χ4v) is 19.1. The zero-order chi connectivity index (χ0) is 62.9. The van der Waals surface area contributed by atoms with Gasteiger partial charge in [0.05, 0.1) is 55.7 Å². The zero-order valence-electron chi connectivity index (χ0n) is 53.2. The van der Waals surface area contributed by atoms with E-state index in [-0.39, 0.29) is 77.3 Å². The van der Waals surface area contributed by atoms with Crippen LogP contribution in [-0.2, 0) is 28.5 Å². The third-order valence-corrected chi connectivity index (χ3v) is 22.9. The van der Waals surface area contributed by atoms with Gasteiger partial charge in [-0.1, -0.05) is 31.0 Å². The number of ether oxygens (including phenoxy) is 4. The van der Waals surface area contributed by atoms with Crippen LogP contribution < -0.4 is 11.5 Å². The molecule has 12 fully saturated rings. The van der Waals surface area contributed by atoms with Crippen LogP contribution in [0.25, 0.3) is 20.9 Å². The average molecular weight is 1230 g/mol. The molecule has 10 aliphatic carbocycles. The normalized spacial score (nSPS) is 45.0. The minimum atomic E-state index is -1.08. The van der Waals surface area contributed by atoms with Gasteiger partial charge in [0.25, 0.3) is 0 Å². The van der Waals surface area contributed by atoms with Crippen molar-refractivity contribution in [3.05, 3.63) is 20.9 Å². The van der Waals surface area contributed by atoms with Gasteiger partial charge in [0, 0.05) is 79.7 Å². The van der Waals surface area contributed by atoms with E-state index in [1.807, 2.05) is 27.2 Å². The Kier molecular flexibility index (Phi) is 24.4. The number of nitriles is 2. The molecule has 0 aromatic heterocycles. The van der Waals surface area contributed by atoms with Crippen molar-refractivity contribution in [1.29, 1.82) is 10.5 Å². The second kappa shape index (κ2) is 30.0. The highest BCUT2D eigenvalue weighted by Gasteiger charge is 2.51. The molecule has 2 heterocycles. The molecule has 0 aromatic carbocycles. The molecular formula is C64H105ClF2N12O7. The number of likely N-dealkylation sites (tertiary alicyclic amines) is 2. The number of rotatable bonds is 10. The highest BCUT2D eigenvalue weighted by atomic mass is 35.5. The van der Waals surface area contributed by atoms with Crippen LogP contribution in [0.1, 0.15) is 189 Å². The van der Waals surface area contributed by atoms with Crippen LogP contribution in [-0.4, -0.2) is 151 Å². The predicted molar refractivity (Wildman–Crippen MR) is 326 cm³/mol. The molecule has 12 aliphatic rings. The molecule has 0 radical (unpaired) electrons. The maximum absolute atomic E-state index is 13.5. The van der Waals surface area contributed by atoms with E-state index in [0.29, 0.717) is 42.7 Å². The number of aliphatic hydroxyl groups is 1. The Morgan fingerprint density at radius 3 is 1.13 bits per heavy atom. The summed E-state index contributed by atoms with van der Waals surface area (Å²) in [5, 5.41) is 34.8. The molecule has 2 aliphatic heterocycles. The van der Waals surface area contributed by atoms with Crippen molar-refractivity contribution in [2.75, 3.05) is 47.4 Å². The van der Waals surface area contributed by atoms with Crippen molar-refractivity contribution < 1.29 is 42.4 Å². The van der Waals surface area contributed by atoms with Crippen molar-refractivity contribution in [1.82, 2.24) is 9.80 Å². The van der Waals surface area contributed by atoms with Crippen LogP contribution in [0.15, 0.2) is 10.2 Å². The van der Waals surface area contributed by atoms with Crippen molar-refractivity contribution in [3.63, 3.8) is 0 Å². The summed E-state index contributed by atoms with van der Waals surface area (Å²) in [7, 11) is 7.24. The first-order valence-electron chi connectivity index (χ1n) is 32.4. The van der Waals surface area contributed by atoms with Gasteiger partial charge in [0.2, 0.25) is 11.8 Å². The van der Waals surface area contributed by atoms with Gasteiger partial charge in [0.15, 0.2) is 0 Å². The molecule has 22 heteroatoms. The lowest BCUT2D eigenvalue weighted by atomic mass is 9.81. The fraction of sp³-hybridized carbons (Fsp3) is 0.938. The number of nitrogens with two attached hydrogens (primary N) is 2. The molecule has 10 saturated carbocycles. The predicted octanol–water partition coefficient (Wildman–Crippen LogP) is 12.0. The number of methoxy groups -OCH3 is 4. The maximum atomic E-state index is 13.5. The molecule has 86 heavy (non-hydrogen) atoms. The first kappa shape index (κ1) is 69.9. The number of hydrogen-bond donors (Lipinski definition) is 3. The average Bonchev–Trinajstić information content (AvgIpc) is 1.99. The third kappa shape index (κ3) is 18.3. The highest BCUT2D eigenvalue weighted by Crippen LogP contribution is 2.56. The standard InChI is InChI=1S/C18H27FN2O2.C10H17N3O.2C10H19NO.C9H15N3O.C7H8ClFN2O/c1-18(8-12-5-16(23-2)6-13(12)9-18)4-3-17(22)21-11-14(19)7-15(21)10-20;1-10(12-13-11)5-7-3-9(14-2)4-8(7)6-10;2*1-10(11)5-7-3-9(12-2)4-8(7)6-10;1-9(11-12-10)4-6-2-8(13)3-7(6)5-9;8-2-7(12)11-4-5(9)1-6(11)3-10/h12-16H,3-9,11H2,1-2H3;7-9H,3-6H2,1-2H3;2*7-9H,3-6,11H2,1-2H3;6-8,13H,2-5H2,1H3;5-6H,1-2,4H2/t12-,13+,14-,15-,16?,18?;3*7-,8+,9?,10?;6-,7+,8?,9?;5-,6-/m0....0/s1. The van der Waals surface area contributed by atoms with Gasteiger partial charge in [-0.2, -0.15) is 10.5 Å². The summed E-state index contributed by atoms with van der Waals surface area (Å²) in [4.78, 5) is 31.9. The third-order valence-electron chi connectivity index (χ3n) is 22.6. The van der Waals surface area contributed by atoms with E-state index in [4.69, 9.17) is 63.6 Å². The lowest BCUT2D eigenvalue weighted by Crippen LogP contribution is -2.35. The number of alkyl halides is 3. The summed E-state index contributed by atoms with van der Waals surface area (Å²) in [6.45, 7) is 10.9. The van der Waals surface area contributed by atoms with E-state index in [2.05, 4.69) is 53.8 Å². The Labute approximate surface area is 516 Å². The topological polar surface area (TPSA) is 295 Å². The van der Waals surface area contributed by atoms with Crippen molar-refractivity contribution >= 4 is 23.4 Å². The van der Waals surface area contributed by atoms with Crippen LogP contribution in [0.5, 0.6) is 0 Å². The van der Waals surface area contributed by atoms with Gasteiger partial charge in [0.1, 0.15) is 30.3 Å². The molecule has 0 bridgehead atoms. The summed E-state index contributed by atoms with van der Waals surface area (Å²) in [6.07, 6.45) is 23.8. The minimum Gasteiger partial charge on any atom is -0.393 e. The maximum Gasteiger partial charge on any atom is 0.238 e. The molecular weight excluding hydrogens is 1120 g/mol. The Bertz CT molecular complexity index is 2340. The van der Waals surface area contributed by atoms with E-state index < -0.39 is 24.4 Å². The van der Waals surface area contributed by atoms with Crippen LogP contribution >= 0.6 is 11.6 Å². The molecule has 2 amide bonds. The van der Waals surface area contributed by atoms with Crippen LogP contribution in [0.2, 0.25) is 0 Å². The summed E-state index contributed by atoms with van der Waals surface area (Å²) >= 11 is 5.28. The van der Waals surface area contributed by atoms with Gasteiger partial charge in [-0.05, 0) is 224 Å². The Hall–Kier alpha value is -3.59. The first-order valence-corrected chi connectivity index (χ1v) is 32.9. The zero-order valence-corrected chi connectivity index (χ0v) is 54.0. The Morgan fingerprint density at radius 2 is 0.837 bits per heavy atom. The molecule has 19 nitrogen and oxygen atoms in total. The molecule has 10 unspecified atom stereocenters. The largest absolute Gasteiger partial charge is 0.393 e. The molecule has 0 spiro atoms. The van der Waals surface area contributed by atoms with Gasteiger partial charge >= 0.3 is 0 Å². The summed E-state index contributed by atoms with van der Waals surface area (Å²) in [5.41, 5.74) is 29.3. The number of carbonyl (C=O) groups is 2. The highest BCUT2D eigenvalue weighted by molar-refractivity contribution is 6.27. The molecule has 12 rings (SSSR count).